The fraction of sp³-hybridized carbons (Fsp3) is 0.364. The molecule has 2 heterocycles. The van der Waals surface area contributed by atoms with Gasteiger partial charge in [-0.25, -0.2) is 0 Å². The summed E-state index contributed by atoms with van der Waals surface area (Å²) >= 11 is 0. The number of rotatable bonds is 3. The number of carbonyl (C=O) groups is 2. The van der Waals surface area contributed by atoms with Gasteiger partial charge in [-0.2, -0.15) is 0 Å². The molecular formula is C22H25N3O2. The molecule has 5 nitrogen and oxygen atoms in total. The van der Waals surface area contributed by atoms with E-state index in [0.29, 0.717) is 26.1 Å². The van der Waals surface area contributed by atoms with Crippen molar-refractivity contribution in [2.45, 2.75) is 19.0 Å². The van der Waals surface area contributed by atoms with Gasteiger partial charge in [0.1, 0.15) is 6.04 Å². The van der Waals surface area contributed by atoms with Crippen LogP contribution in [0.25, 0.3) is 0 Å². The van der Waals surface area contributed by atoms with E-state index < -0.39 is 6.04 Å². The van der Waals surface area contributed by atoms with Gasteiger partial charge in [-0.15, -0.1) is 0 Å². The highest BCUT2D eigenvalue weighted by Crippen LogP contribution is 2.33. The first kappa shape index (κ1) is 17.7. The summed E-state index contributed by atoms with van der Waals surface area (Å²) < 4.78 is 0. The van der Waals surface area contributed by atoms with Crippen molar-refractivity contribution in [3.05, 3.63) is 71.3 Å². The lowest BCUT2D eigenvalue weighted by atomic mass is 9.90. The smallest absolute Gasteiger partial charge is 0.250 e. The van der Waals surface area contributed by atoms with Crippen LogP contribution in [-0.4, -0.2) is 59.7 Å². The number of hydrogen-bond acceptors (Lipinski definition) is 3. The Morgan fingerprint density at radius 2 is 1.63 bits per heavy atom. The number of carbonyl (C=O) groups excluding carboxylic acids is 2. The molecule has 4 rings (SSSR count). The Labute approximate surface area is 160 Å². The fourth-order valence-corrected chi connectivity index (χ4v) is 3.96. The molecule has 2 aromatic carbocycles. The molecule has 140 valence electrons. The summed E-state index contributed by atoms with van der Waals surface area (Å²) in [5.74, 6) is 0.0598. The summed E-state index contributed by atoms with van der Waals surface area (Å²) in [6.07, 6.45) is 0.357. The minimum atomic E-state index is -0.536. The average Bonchev–Trinajstić information content (AvgIpc) is 2.69. The third kappa shape index (κ3) is 3.60. The highest BCUT2D eigenvalue weighted by atomic mass is 16.2. The lowest BCUT2D eigenvalue weighted by Crippen LogP contribution is -2.53. The van der Waals surface area contributed by atoms with Crippen LogP contribution in [0, 0.1) is 0 Å². The van der Waals surface area contributed by atoms with E-state index in [1.165, 1.54) is 0 Å². The van der Waals surface area contributed by atoms with Gasteiger partial charge in [0.25, 0.3) is 0 Å². The highest BCUT2D eigenvalue weighted by molar-refractivity contribution is 5.92. The molecule has 0 N–H and O–H groups in total. The summed E-state index contributed by atoms with van der Waals surface area (Å²) in [5.41, 5.74) is 2.98. The molecule has 0 saturated carbocycles. The van der Waals surface area contributed by atoms with Crippen LogP contribution in [0.5, 0.6) is 0 Å². The molecule has 0 bridgehead atoms. The van der Waals surface area contributed by atoms with Crippen LogP contribution in [0.4, 0.5) is 0 Å². The lowest BCUT2D eigenvalue weighted by molar-refractivity contribution is -0.148. The van der Waals surface area contributed by atoms with Gasteiger partial charge in [0, 0.05) is 32.7 Å². The summed E-state index contributed by atoms with van der Waals surface area (Å²) in [6.45, 7) is 3.61. The predicted octanol–water partition coefficient (Wildman–Crippen LogP) is 2.09. The first-order valence-electron chi connectivity index (χ1n) is 9.52. The highest BCUT2D eigenvalue weighted by Gasteiger charge is 2.39. The van der Waals surface area contributed by atoms with Crippen LogP contribution < -0.4 is 0 Å². The number of amides is 2. The van der Waals surface area contributed by atoms with E-state index in [1.807, 2.05) is 59.5 Å². The van der Waals surface area contributed by atoms with Crippen molar-refractivity contribution in [3.63, 3.8) is 0 Å². The van der Waals surface area contributed by atoms with E-state index in [0.717, 1.165) is 29.8 Å². The fourth-order valence-electron chi connectivity index (χ4n) is 3.96. The van der Waals surface area contributed by atoms with Gasteiger partial charge in [-0.05, 0) is 23.7 Å². The number of hydrogen-bond donors (Lipinski definition) is 0. The van der Waals surface area contributed by atoms with Crippen molar-refractivity contribution in [1.82, 2.24) is 14.7 Å². The van der Waals surface area contributed by atoms with E-state index in [2.05, 4.69) is 11.9 Å². The molecule has 1 fully saturated rings. The lowest BCUT2D eigenvalue weighted by Gasteiger charge is -2.41. The van der Waals surface area contributed by atoms with Crippen molar-refractivity contribution in [2.75, 3.05) is 33.2 Å². The Morgan fingerprint density at radius 1 is 0.963 bits per heavy atom. The second-order valence-electron chi connectivity index (χ2n) is 7.41. The molecule has 0 radical (unpaired) electrons. The maximum atomic E-state index is 13.5. The molecule has 1 atom stereocenters. The van der Waals surface area contributed by atoms with Gasteiger partial charge in [0.2, 0.25) is 11.8 Å². The van der Waals surface area contributed by atoms with Gasteiger partial charge < -0.3 is 14.7 Å². The van der Waals surface area contributed by atoms with Gasteiger partial charge >= 0.3 is 0 Å². The van der Waals surface area contributed by atoms with Crippen molar-refractivity contribution >= 4 is 11.8 Å². The Kier molecular flexibility index (Phi) is 4.94. The minimum absolute atomic E-state index is 0.0185. The van der Waals surface area contributed by atoms with Gasteiger partial charge in [0.05, 0.1) is 6.42 Å². The minimum Gasteiger partial charge on any atom is -0.338 e. The van der Waals surface area contributed by atoms with E-state index in [-0.39, 0.29) is 11.8 Å². The third-order valence-corrected chi connectivity index (χ3v) is 5.57. The molecule has 0 unspecified atom stereocenters. The van der Waals surface area contributed by atoms with Crippen LogP contribution >= 0.6 is 0 Å². The zero-order valence-electron chi connectivity index (χ0n) is 15.7. The van der Waals surface area contributed by atoms with Gasteiger partial charge in [-0.1, -0.05) is 54.6 Å². The van der Waals surface area contributed by atoms with E-state index in [1.54, 1.807) is 4.90 Å². The largest absolute Gasteiger partial charge is 0.338 e. The standard InChI is InChI=1S/C22H25N3O2/c1-23-11-13-24(14-12-23)22(27)21-19-10-6-5-9-18(19)15-20(26)25(21)16-17-7-3-2-4-8-17/h2-10,21H,11-16H2,1H3/t21-/m1/s1. The Morgan fingerprint density at radius 3 is 2.37 bits per heavy atom. The normalized spacial score (nSPS) is 20.5. The van der Waals surface area contributed by atoms with Gasteiger partial charge in [0.15, 0.2) is 0 Å². The topological polar surface area (TPSA) is 43.9 Å². The van der Waals surface area contributed by atoms with E-state index in [9.17, 15) is 9.59 Å². The molecule has 1 saturated heterocycles. The number of nitrogens with zero attached hydrogens (tertiary/aromatic N) is 3. The van der Waals surface area contributed by atoms with Crippen molar-refractivity contribution in [2.24, 2.45) is 0 Å². The maximum absolute atomic E-state index is 13.5. The number of likely N-dealkylation sites (N-methyl/N-ethyl adjacent to an activating group) is 1. The van der Waals surface area contributed by atoms with Gasteiger partial charge in [-0.3, -0.25) is 9.59 Å². The molecule has 27 heavy (non-hydrogen) atoms. The molecule has 2 aliphatic heterocycles. The first-order chi connectivity index (χ1) is 13.1. The van der Waals surface area contributed by atoms with Crippen LogP contribution in [0.3, 0.4) is 0 Å². The summed E-state index contributed by atoms with van der Waals surface area (Å²) in [6, 6.07) is 17.2. The van der Waals surface area contributed by atoms with E-state index in [4.69, 9.17) is 0 Å². The second-order valence-corrected chi connectivity index (χ2v) is 7.41. The Bertz CT molecular complexity index is 828. The maximum Gasteiger partial charge on any atom is 0.250 e. The van der Waals surface area contributed by atoms with Crippen LogP contribution in [-0.2, 0) is 22.6 Å². The molecule has 0 aromatic heterocycles. The summed E-state index contributed by atoms with van der Waals surface area (Å²) in [7, 11) is 2.07. The van der Waals surface area contributed by atoms with Crippen molar-refractivity contribution in [3.8, 4) is 0 Å². The molecular weight excluding hydrogens is 338 g/mol. The van der Waals surface area contributed by atoms with Crippen LogP contribution in [0.1, 0.15) is 22.7 Å². The SMILES string of the molecule is CN1CCN(C(=O)[C@H]2c3ccccc3CC(=O)N2Cc2ccccc2)CC1. The Balaban J connectivity index is 1.68. The molecule has 2 aromatic rings. The van der Waals surface area contributed by atoms with Crippen molar-refractivity contribution in [1.29, 1.82) is 0 Å². The monoisotopic (exact) mass is 363 g/mol. The first-order valence-corrected chi connectivity index (χ1v) is 9.52. The summed E-state index contributed by atoms with van der Waals surface area (Å²) in [5, 5.41) is 0. The van der Waals surface area contributed by atoms with Crippen molar-refractivity contribution < 1.29 is 9.59 Å². The molecule has 0 spiro atoms. The molecule has 2 amide bonds. The third-order valence-electron chi connectivity index (χ3n) is 5.57. The number of fused-ring (bicyclic) bond motifs is 1. The predicted molar refractivity (Wildman–Crippen MR) is 104 cm³/mol. The number of piperazine rings is 1. The second kappa shape index (κ2) is 7.53. The zero-order chi connectivity index (χ0) is 18.8. The average molecular weight is 363 g/mol. The van der Waals surface area contributed by atoms with Crippen LogP contribution in [0.2, 0.25) is 0 Å². The zero-order valence-corrected chi connectivity index (χ0v) is 15.7. The van der Waals surface area contributed by atoms with Crippen LogP contribution in [0.15, 0.2) is 54.6 Å². The summed E-state index contributed by atoms with van der Waals surface area (Å²) in [4.78, 5) is 32.3. The molecule has 2 aliphatic rings. The van der Waals surface area contributed by atoms with E-state index >= 15 is 0 Å². The number of benzene rings is 2. The quantitative estimate of drug-likeness (QED) is 0.839. The molecule has 0 aliphatic carbocycles. The Hall–Kier alpha value is -2.66. The molecule has 5 heteroatoms.